The zero-order valence-electron chi connectivity index (χ0n) is 7.50. The molecule has 0 radical (unpaired) electrons. The van der Waals surface area contributed by atoms with Crippen LogP contribution >= 0.6 is 11.6 Å². The van der Waals surface area contributed by atoms with Crippen molar-refractivity contribution in [1.29, 1.82) is 0 Å². The molecule has 1 aromatic rings. The fourth-order valence-corrected chi connectivity index (χ4v) is 1.17. The van der Waals surface area contributed by atoms with Gasteiger partial charge in [-0.3, -0.25) is 9.59 Å². The Morgan fingerprint density at radius 3 is 2.50 bits per heavy atom. The normalized spacial score (nSPS) is 9.79. The predicted molar refractivity (Wildman–Crippen MR) is 55.5 cm³/mol. The average Bonchev–Trinajstić information content (AvgIpc) is 2.18. The van der Waals surface area contributed by atoms with Crippen LogP contribution in [0.15, 0.2) is 24.3 Å². The van der Waals surface area contributed by atoms with Crippen LogP contribution in [0.4, 0.5) is 5.69 Å². The molecule has 0 saturated heterocycles. The molecular formula is C10H10ClNO2. The Hall–Kier alpha value is -1.35. The molecular weight excluding hydrogens is 202 g/mol. The van der Waals surface area contributed by atoms with Gasteiger partial charge in [-0.1, -0.05) is 12.1 Å². The highest BCUT2D eigenvalue weighted by atomic mass is 35.5. The van der Waals surface area contributed by atoms with Gasteiger partial charge in [-0.2, -0.15) is 0 Å². The van der Waals surface area contributed by atoms with Crippen LogP contribution in [-0.2, 0) is 4.79 Å². The largest absolute Gasteiger partial charge is 0.398 e. The molecule has 0 spiro atoms. The van der Waals surface area contributed by atoms with Crippen molar-refractivity contribution in [1.82, 2.24) is 0 Å². The van der Waals surface area contributed by atoms with Crippen molar-refractivity contribution in [2.24, 2.45) is 0 Å². The Kier molecular flexibility index (Phi) is 3.65. The molecule has 74 valence electrons. The molecule has 0 fully saturated rings. The van der Waals surface area contributed by atoms with Crippen LogP contribution in [0.3, 0.4) is 0 Å². The van der Waals surface area contributed by atoms with Crippen LogP contribution in [0.1, 0.15) is 16.8 Å². The van der Waals surface area contributed by atoms with E-state index < -0.39 is 0 Å². The highest BCUT2D eigenvalue weighted by Crippen LogP contribution is 2.13. The lowest BCUT2D eigenvalue weighted by atomic mass is 10.0. The minimum absolute atomic E-state index is 0.140. The van der Waals surface area contributed by atoms with E-state index in [-0.39, 0.29) is 23.9 Å². The van der Waals surface area contributed by atoms with Gasteiger partial charge in [-0.05, 0) is 12.1 Å². The second-order valence-electron chi connectivity index (χ2n) is 2.86. The lowest BCUT2D eigenvalue weighted by Crippen LogP contribution is -2.10. The molecule has 1 aromatic carbocycles. The molecule has 0 atom stereocenters. The van der Waals surface area contributed by atoms with Crippen LogP contribution in [0.2, 0.25) is 0 Å². The first-order valence-electron chi connectivity index (χ1n) is 4.10. The fraction of sp³-hybridized carbons (Fsp3) is 0.200. The molecule has 1 rings (SSSR count). The molecule has 14 heavy (non-hydrogen) atoms. The number of hydrogen-bond acceptors (Lipinski definition) is 3. The Bertz CT molecular complexity index is 363. The summed E-state index contributed by atoms with van der Waals surface area (Å²) < 4.78 is 0. The number of anilines is 1. The molecule has 4 heteroatoms. The number of nitrogen functional groups attached to an aromatic ring is 1. The van der Waals surface area contributed by atoms with Gasteiger partial charge in [0.25, 0.3) is 0 Å². The molecule has 0 aromatic heterocycles. The number of rotatable bonds is 4. The third kappa shape index (κ3) is 2.57. The first kappa shape index (κ1) is 10.7. The van der Waals surface area contributed by atoms with E-state index in [2.05, 4.69) is 0 Å². The van der Waals surface area contributed by atoms with Gasteiger partial charge in [0.1, 0.15) is 0 Å². The number of benzene rings is 1. The fourth-order valence-electron chi connectivity index (χ4n) is 1.07. The molecule has 0 saturated carbocycles. The molecule has 0 aliphatic heterocycles. The standard InChI is InChI=1S/C10H10ClNO2/c11-6-7(13)5-10(14)8-3-1-2-4-9(8)12/h1-4H,5-6,12H2. The third-order valence-corrected chi connectivity index (χ3v) is 2.07. The van der Waals surface area contributed by atoms with E-state index in [4.69, 9.17) is 17.3 Å². The summed E-state index contributed by atoms with van der Waals surface area (Å²) in [5.41, 5.74) is 6.34. The summed E-state index contributed by atoms with van der Waals surface area (Å²) >= 11 is 5.29. The third-order valence-electron chi connectivity index (χ3n) is 1.77. The number of carbonyl (C=O) groups excluding carboxylic acids is 2. The van der Waals surface area contributed by atoms with Crippen LogP contribution in [0, 0.1) is 0 Å². The van der Waals surface area contributed by atoms with Gasteiger partial charge in [0.2, 0.25) is 0 Å². The van der Waals surface area contributed by atoms with Crippen molar-refractivity contribution in [2.45, 2.75) is 6.42 Å². The highest BCUT2D eigenvalue weighted by molar-refractivity contribution is 6.29. The topological polar surface area (TPSA) is 60.2 Å². The lowest BCUT2D eigenvalue weighted by molar-refractivity contribution is -0.115. The summed E-state index contributed by atoms with van der Waals surface area (Å²) in [6, 6.07) is 6.65. The molecule has 0 bridgehead atoms. The lowest BCUT2D eigenvalue weighted by Gasteiger charge is -2.02. The monoisotopic (exact) mass is 211 g/mol. The Labute approximate surface area is 86.9 Å². The number of ketones is 2. The van der Waals surface area contributed by atoms with Gasteiger partial charge in [-0.25, -0.2) is 0 Å². The quantitative estimate of drug-likeness (QED) is 0.357. The Morgan fingerprint density at radius 1 is 1.29 bits per heavy atom. The molecule has 3 nitrogen and oxygen atoms in total. The summed E-state index contributed by atoms with van der Waals surface area (Å²) in [6.45, 7) is 0. The van der Waals surface area contributed by atoms with E-state index in [1.807, 2.05) is 0 Å². The number of para-hydroxylation sites is 1. The number of carbonyl (C=O) groups is 2. The van der Waals surface area contributed by atoms with Gasteiger partial charge in [0, 0.05) is 11.3 Å². The van der Waals surface area contributed by atoms with Crippen molar-refractivity contribution in [3.63, 3.8) is 0 Å². The second kappa shape index (κ2) is 4.77. The van der Waals surface area contributed by atoms with Crippen LogP contribution < -0.4 is 5.73 Å². The van der Waals surface area contributed by atoms with Crippen LogP contribution in [0.5, 0.6) is 0 Å². The summed E-state index contributed by atoms with van der Waals surface area (Å²) in [7, 11) is 0. The van der Waals surface area contributed by atoms with Crippen molar-refractivity contribution in [3.05, 3.63) is 29.8 Å². The number of hydrogen-bond donors (Lipinski definition) is 1. The molecule has 0 amide bonds. The maximum absolute atomic E-state index is 11.5. The van der Waals surface area contributed by atoms with Crippen molar-refractivity contribution in [3.8, 4) is 0 Å². The van der Waals surface area contributed by atoms with Gasteiger partial charge in [0.15, 0.2) is 11.6 Å². The van der Waals surface area contributed by atoms with E-state index in [1.54, 1.807) is 24.3 Å². The zero-order valence-corrected chi connectivity index (χ0v) is 8.25. The maximum atomic E-state index is 11.5. The molecule has 0 aliphatic rings. The maximum Gasteiger partial charge on any atom is 0.172 e. The van der Waals surface area contributed by atoms with Gasteiger partial charge in [0.05, 0.1) is 12.3 Å². The number of Topliss-reactive ketones (excluding diaryl/α,β-unsaturated/α-hetero) is 2. The Balaban J connectivity index is 2.80. The predicted octanol–water partition coefficient (Wildman–Crippen LogP) is 1.65. The van der Waals surface area contributed by atoms with Gasteiger partial charge < -0.3 is 5.73 Å². The summed E-state index contributed by atoms with van der Waals surface area (Å²) in [5, 5.41) is 0. The molecule has 0 unspecified atom stereocenters. The van der Waals surface area contributed by atoms with E-state index >= 15 is 0 Å². The second-order valence-corrected chi connectivity index (χ2v) is 3.13. The van der Waals surface area contributed by atoms with Gasteiger partial charge in [-0.15, -0.1) is 11.6 Å². The summed E-state index contributed by atoms with van der Waals surface area (Å²) in [6.07, 6.45) is -0.183. The smallest absolute Gasteiger partial charge is 0.172 e. The average molecular weight is 212 g/mol. The van der Waals surface area contributed by atoms with Gasteiger partial charge >= 0.3 is 0 Å². The van der Waals surface area contributed by atoms with E-state index in [9.17, 15) is 9.59 Å². The number of nitrogens with two attached hydrogens (primary N) is 1. The summed E-state index contributed by atoms with van der Waals surface area (Å²) in [5.74, 6) is -0.716. The van der Waals surface area contributed by atoms with E-state index in [0.717, 1.165) is 0 Å². The SMILES string of the molecule is Nc1ccccc1C(=O)CC(=O)CCl. The first-order chi connectivity index (χ1) is 6.65. The Morgan fingerprint density at radius 2 is 1.93 bits per heavy atom. The van der Waals surface area contributed by atoms with E-state index in [1.165, 1.54) is 0 Å². The number of alkyl halides is 1. The first-order valence-corrected chi connectivity index (χ1v) is 4.64. The number of halogens is 1. The van der Waals surface area contributed by atoms with Crippen molar-refractivity contribution < 1.29 is 9.59 Å². The van der Waals surface area contributed by atoms with Crippen molar-refractivity contribution in [2.75, 3.05) is 11.6 Å². The molecule has 0 aliphatic carbocycles. The highest BCUT2D eigenvalue weighted by Gasteiger charge is 2.12. The zero-order chi connectivity index (χ0) is 10.6. The molecule has 0 heterocycles. The summed E-state index contributed by atoms with van der Waals surface area (Å²) in [4.78, 5) is 22.4. The van der Waals surface area contributed by atoms with Crippen LogP contribution in [0.25, 0.3) is 0 Å². The minimum atomic E-state index is -0.292. The molecule has 2 N–H and O–H groups in total. The van der Waals surface area contributed by atoms with E-state index in [0.29, 0.717) is 11.3 Å². The minimum Gasteiger partial charge on any atom is -0.398 e. The van der Waals surface area contributed by atoms with Crippen molar-refractivity contribution >= 4 is 28.9 Å². The van der Waals surface area contributed by atoms with Crippen LogP contribution in [-0.4, -0.2) is 17.4 Å².